The number of hydrogen-bond donors (Lipinski definition) is 5. The lowest BCUT2D eigenvalue weighted by atomic mass is 9.83. The summed E-state index contributed by atoms with van der Waals surface area (Å²) in [6, 6.07) is 6.62. The number of anilines is 1. The molecular weight excluding hydrogens is 422 g/mol. The highest BCUT2D eigenvalue weighted by Gasteiger charge is 2.25. The first kappa shape index (κ1) is 28.3. The fourth-order valence-corrected chi connectivity index (χ4v) is 3.50. The third kappa shape index (κ3) is 11.1. The van der Waals surface area contributed by atoms with Gasteiger partial charge in [-0.25, -0.2) is 0 Å². The molecule has 0 fully saturated rings. The number of carboxylic acids is 1. The van der Waals surface area contributed by atoms with Crippen LogP contribution in [0.5, 0.6) is 0 Å². The van der Waals surface area contributed by atoms with E-state index in [1.807, 2.05) is 26.8 Å². The maximum atomic E-state index is 12.4. The highest BCUT2D eigenvalue weighted by atomic mass is 16.4. The van der Waals surface area contributed by atoms with Crippen molar-refractivity contribution in [2.45, 2.75) is 58.3 Å². The molecule has 1 rings (SSSR count). The molecule has 0 saturated carbocycles. The summed E-state index contributed by atoms with van der Waals surface area (Å²) in [6.45, 7) is 5.69. The first-order chi connectivity index (χ1) is 15.5. The SMILES string of the molecule is C[C@H](/C=C/C=C/C=C/[C@H](O)CC(=O)O)[C@@H](O)[C@H](C)C[C@@H](C)[C@H](O)CC(=O)c1ccc(N)cc1. The topological polar surface area (TPSA) is 141 Å². The van der Waals surface area contributed by atoms with Gasteiger partial charge in [-0.2, -0.15) is 0 Å². The van der Waals surface area contributed by atoms with Crippen LogP contribution < -0.4 is 5.73 Å². The van der Waals surface area contributed by atoms with Crippen LogP contribution in [0.4, 0.5) is 5.69 Å². The molecule has 0 aromatic heterocycles. The molecule has 6 atom stereocenters. The highest BCUT2D eigenvalue weighted by Crippen LogP contribution is 2.25. The zero-order valence-electron chi connectivity index (χ0n) is 19.5. The van der Waals surface area contributed by atoms with Crippen molar-refractivity contribution >= 4 is 17.4 Å². The maximum absolute atomic E-state index is 12.4. The Morgan fingerprint density at radius 1 is 0.879 bits per heavy atom. The number of carboxylic acid groups (broad SMARTS) is 1. The molecule has 0 aliphatic rings. The summed E-state index contributed by atoms with van der Waals surface area (Å²) in [6.07, 6.45) is 7.77. The summed E-state index contributed by atoms with van der Waals surface area (Å²) in [7, 11) is 0. The van der Waals surface area contributed by atoms with Crippen molar-refractivity contribution in [3.8, 4) is 0 Å². The van der Waals surface area contributed by atoms with Gasteiger partial charge in [-0.1, -0.05) is 57.2 Å². The summed E-state index contributed by atoms with van der Waals surface area (Å²) in [4.78, 5) is 22.8. The zero-order valence-corrected chi connectivity index (χ0v) is 19.5. The van der Waals surface area contributed by atoms with Crippen molar-refractivity contribution in [1.82, 2.24) is 0 Å². The standard InChI is InChI=1S/C26H37NO6/c1-17(8-6-4-5-7-9-22(28)15-25(31)32)26(33)19(3)14-18(2)23(29)16-24(30)20-10-12-21(27)13-11-20/h4-13,17-19,22-23,26,28-29,33H,14-16,27H2,1-3H3,(H,31,32)/b5-4+,8-6+,9-7+/t17-,18-,19-,22+,23-,26-/m1/s1. The van der Waals surface area contributed by atoms with Gasteiger partial charge in [0.2, 0.25) is 0 Å². The van der Waals surface area contributed by atoms with Crippen molar-refractivity contribution in [2.75, 3.05) is 5.73 Å². The van der Waals surface area contributed by atoms with Gasteiger partial charge in [-0.3, -0.25) is 9.59 Å². The molecule has 1 aromatic carbocycles. The van der Waals surface area contributed by atoms with Gasteiger partial charge < -0.3 is 26.2 Å². The van der Waals surface area contributed by atoms with Gasteiger partial charge >= 0.3 is 5.97 Å². The van der Waals surface area contributed by atoms with Crippen LogP contribution in [-0.2, 0) is 4.79 Å². The largest absolute Gasteiger partial charge is 0.481 e. The van der Waals surface area contributed by atoms with Crippen LogP contribution >= 0.6 is 0 Å². The predicted octanol–water partition coefficient (Wildman–Crippen LogP) is 3.37. The van der Waals surface area contributed by atoms with E-state index in [-0.39, 0.29) is 36.4 Å². The Kier molecular flexibility index (Phi) is 12.4. The van der Waals surface area contributed by atoms with Crippen molar-refractivity contribution < 1.29 is 30.0 Å². The normalized spacial score (nSPS) is 17.8. The maximum Gasteiger partial charge on any atom is 0.306 e. The van der Waals surface area contributed by atoms with Crippen LogP contribution in [0.2, 0.25) is 0 Å². The average Bonchev–Trinajstić information content (AvgIpc) is 2.75. The minimum atomic E-state index is -1.07. The molecule has 7 nitrogen and oxygen atoms in total. The Bertz CT molecular complexity index is 830. The Labute approximate surface area is 196 Å². The zero-order chi connectivity index (χ0) is 25.0. The first-order valence-electron chi connectivity index (χ1n) is 11.2. The summed E-state index contributed by atoms with van der Waals surface area (Å²) in [5, 5.41) is 39.1. The molecule has 7 heteroatoms. The first-order valence-corrected chi connectivity index (χ1v) is 11.2. The minimum absolute atomic E-state index is 0.0167. The Morgan fingerprint density at radius 2 is 1.45 bits per heavy atom. The second-order valence-corrected chi connectivity index (χ2v) is 8.68. The molecule has 0 saturated heterocycles. The van der Waals surface area contributed by atoms with Gasteiger partial charge in [0.15, 0.2) is 5.78 Å². The lowest BCUT2D eigenvalue weighted by molar-refractivity contribution is -0.138. The third-order valence-corrected chi connectivity index (χ3v) is 5.61. The van der Waals surface area contributed by atoms with Crippen LogP contribution in [0.25, 0.3) is 0 Å². The summed E-state index contributed by atoms with van der Waals surface area (Å²) in [5.41, 5.74) is 6.73. The number of nitrogens with two attached hydrogens (primary N) is 1. The van der Waals surface area contributed by atoms with Crippen molar-refractivity contribution in [3.05, 3.63) is 66.3 Å². The number of carbonyl (C=O) groups excluding carboxylic acids is 1. The second-order valence-electron chi connectivity index (χ2n) is 8.68. The van der Waals surface area contributed by atoms with E-state index >= 15 is 0 Å². The van der Waals surface area contributed by atoms with Crippen LogP contribution in [-0.4, -0.2) is 50.5 Å². The van der Waals surface area contributed by atoms with Gasteiger partial charge in [-0.05, 0) is 42.5 Å². The van der Waals surface area contributed by atoms with E-state index in [0.717, 1.165) is 0 Å². The smallest absolute Gasteiger partial charge is 0.306 e. The fourth-order valence-electron chi connectivity index (χ4n) is 3.50. The van der Waals surface area contributed by atoms with Gasteiger partial charge in [-0.15, -0.1) is 0 Å². The van der Waals surface area contributed by atoms with Gasteiger partial charge in [0, 0.05) is 23.6 Å². The van der Waals surface area contributed by atoms with E-state index < -0.39 is 24.3 Å². The van der Waals surface area contributed by atoms with Gasteiger partial charge in [0.05, 0.1) is 24.7 Å². The average molecular weight is 460 g/mol. The number of aliphatic hydroxyl groups excluding tert-OH is 3. The van der Waals surface area contributed by atoms with Crippen LogP contribution in [0.3, 0.4) is 0 Å². The molecule has 0 spiro atoms. The number of nitrogen functional groups attached to an aromatic ring is 1. The van der Waals surface area contributed by atoms with Crippen molar-refractivity contribution in [1.29, 1.82) is 0 Å². The molecule has 0 bridgehead atoms. The number of hydrogen-bond acceptors (Lipinski definition) is 6. The number of aliphatic carboxylic acids is 1. The fraction of sp³-hybridized carbons (Fsp3) is 0.462. The molecule has 0 radical (unpaired) electrons. The van der Waals surface area contributed by atoms with E-state index in [4.69, 9.17) is 10.8 Å². The molecule has 1 aromatic rings. The van der Waals surface area contributed by atoms with E-state index in [1.165, 1.54) is 6.08 Å². The number of allylic oxidation sites excluding steroid dienone is 4. The van der Waals surface area contributed by atoms with E-state index in [9.17, 15) is 24.9 Å². The monoisotopic (exact) mass is 459 g/mol. The molecule has 0 aliphatic carbocycles. The Hall–Kier alpha value is -2.74. The number of benzene rings is 1. The van der Waals surface area contributed by atoms with Crippen molar-refractivity contribution in [3.63, 3.8) is 0 Å². The quantitative estimate of drug-likeness (QED) is 0.163. The molecular formula is C26H37NO6. The van der Waals surface area contributed by atoms with Crippen LogP contribution in [0, 0.1) is 17.8 Å². The summed E-state index contributed by atoms with van der Waals surface area (Å²) >= 11 is 0. The summed E-state index contributed by atoms with van der Waals surface area (Å²) in [5.74, 6) is -1.59. The number of ketones is 1. The van der Waals surface area contributed by atoms with Crippen LogP contribution in [0.15, 0.2) is 60.7 Å². The van der Waals surface area contributed by atoms with E-state index in [0.29, 0.717) is 17.7 Å². The van der Waals surface area contributed by atoms with E-state index in [1.54, 1.807) is 48.6 Å². The van der Waals surface area contributed by atoms with Crippen molar-refractivity contribution in [2.24, 2.45) is 17.8 Å². The molecule has 33 heavy (non-hydrogen) atoms. The Morgan fingerprint density at radius 3 is 2.03 bits per heavy atom. The highest BCUT2D eigenvalue weighted by molar-refractivity contribution is 5.96. The van der Waals surface area contributed by atoms with E-state index in [2.05, 4.69) is 0 Å². The molecule has 0 amide bonds. The molecule has 182 valence electrons. The number of rotatable bonds is 14. The Balaban J connectivity index is 2.48. The third-order valence-electron chi connectivity index (χ3n) is 5.61. The van der Waals surface area contributed by atoms with Crippen LogP contribution in [0.1, 0.15) is 50.4 Å². The lowest BCUT2D eigenvalue weighted by Crippen LogP contribution is -2.30. The predicted molar refractivity (Wildman–Crippen MR) is 130 cm³/mol. The number of aliphatic hydroxyl groups is 3. The lowest BCUT2D eigenvalue weighted by Gasteiger charge is -2.27. The van der Waals surface area contributed by atoms with Gasteiger partial charge in [0.1, 0.15) is 0 Å². The van der Waals surface area contributed by atoms with Gasteiger partial charge in [0.25, 0.3) is 0 Å². The summed E-state index contributed by atoms with van der Waals surface area (Å²) < 4.78 is 0. The minimum Gasteiger partial charge on any atom is -0.481 e. The number of carbonyl (C=O) groups is 2. The molecule has 0 aliphatic heterocycles. The molecule has 0 heterocycles. The molecule has 6 N–H and O–H groups in total. The second kappa shape index (κ2) is 14.4. The molecule has 0 unspecified atom stereocenters. The number of Topliss-reactive ketones (excluding diaryl/α,β-unsaturated/α-hetero) is 1.